The maximum atomic E-state index is 10.6. The van der Waals surface area contributed by atoms with Crippen LogP contribution in [-0.4, -0.2) is 47.7 Å². The smallest absolute Gasteiger partial charge is 0.304 e. The highest BCUT2D eigenvalue weighted by Gasteiger charge is 2.34. The summed E-state index contributed by atoms with van der Waals surface area (Å²) in [4.78, 5) is 12.7. The van der Waals surface area contributed by atoms with Crippen LogP contribution in [0.25, 0.3) is 0 Å². The average Bonchev–Trinajstić information content (AvgIpc) is 1.98. The van der Waals surface area contributed by atoms with Crippen LogP contribution in [0.4, 0.5) is 0 Å². The van der Waals surface area contributed by atoms with Crippen LogP contribution in [-0.2, 0) is 4.79 Å². The topological polar surface area (TPSA) is 52.6 Å². The SMILES string of the molecule is CN1C(CC(=O)O)CNCC1(C)C. The van der Waals surface area contributed by atoms with Gasteiger partial charge in [0.2, 0.25) is 0 Å². The summed E-state index contributed by atoms with van der Waals surface area (Å²) in [5.41, 5.74) is 0.0539. The number of hydrogen-bond acceptors (Lipinski definition) is 3. The van der Waals surface area contributed by atoms with Crippen molar-refractivity contribution in [1.29, 1.82) is 0 Å². The number of rotatable bonds is 2. The molecule has 0 radical (unpaired) electrons. The van der Waals surface area contributed by atoms with E-state index in [2.05, 4.69) is 24.1 Å². The molecule has 1 atom stereocenters. The molecule has 0 aromatic heterocycles. The van der Waals surface area contributed by atoms with E-state index in [0.29, 0.717) is 0 Å². The highest BCUT2D eigenvalue weighted by atomic mass is 16.4. The minimum atomic E-state index is -0.726. The van der Waals surface area contributed by atoms with Crippen molar-refractivity contribution in [1.82, 2.24) is 10.2 Å². The molecule has 1 unspecified atom stereocenters. The van der Waals surface area contributed by atoms with Gasteiger partial charge in [-0.05, 0) is 20.9 Å². The van der Waals surface area contributed by atoms with Gasteiger partial charge in [-0.2, -0.15) is 0 Å². The summed E-state index contributed by atoms with van der Waals surface area (Å²) >= 11 is 0. The molecule has 13 heavy (non-hydrogen) atoms. The summed E-state index contributed by atoms with van der Waals surface area (Å²) in [6.45, 7) is 5.92. The molecule has 0 aromatic rings. The van der Waals surface area contributed by atoms with Crippen LogP contribution in [0.3, 0.4) is 0 Å². The lowest BCUT2D eigenvalue weighted by molar-refractivity contribution is -0.139. The predicted octanol–water partition coefficient (Wildman–Crippen LogP) is 0.143. The van der Waals surface area contributed by atoms with Gasteiger partial charge in [0, 0.05) is 24.7 Å². The van der Waals surface area contributed by atoms with Crippen molar-refractivity contribution in [2.24, 2.45) is 0 Å². The monoisotopic (exact) mass is 186 g/mol. The van der Waals surface area contributed by atoms with Crippen LogP contribution in [0.5, 0.6) is 0 Å². The second kappa shape index (κ2) is 3.64. The molecule has 0 saturated carbocycles. The molecule has 0 amide bonds. The molecule has 0 bridgehead atoms. The van der Waals surface area contributed by atoms with E-state index in [4.69, 9.17) is 5.11 Å². The fourth-order valence-electron chi connectivity index (χ4n) is 1.71. The van der Waals surface area contributed by atoms with Crippen molar-refractivity contribution < 1.29 is 9.90 Å². The van der Waals surface area contributed by atoms with Gasteiger partial charge in [0.05, 0.1) is 6.42 Å². The van der Waals surface area contributed by atoms with Gasteiger partial charge in [0.15, 0.2) is 0 Å². The molecule has 1 saturated heterocycles. The molecule has 0 aliphatic carbocycles. The first-order valence-corrected chi connectivity index (χ1v) is 4.59. The van der Waals surface area contributed by atoms with E-state index in [9.17, 15) is 4.79 Å². The van der Waals surface area contributed by atoms with Crippen LogP contribution in [0.1, 0.15) is 20.3 Å². The van der Waals surface area contributed by atoms with E-state index >= 15 is 0 Å². The van der Waals surface area contributed by atoms with Crippen LogP contribution in [0.2, 0.25) is 0 Å². The summed E-state index contributed by atoms with van der Waals surface area (Å²) in [6.07, 6.45) is 0.215. The van der Waals surface area contributed by atoms with Crippen LogP contribution in [0, 0.1) is 0 Å². The Kier molecular flexibility index (Phi) is 2.93. The van der Waals surface area contributed by atoms with Gasteiger partial charge in [-0.15, -0.1) is 0 Å². The lowest BCUT2D eigenvalue weighted by atomic mass is 9.96. The number of carboxylic acids is 1. The lowest BCUT2D eigenvalue weighted by Crippen LogP contribution is -2.61. The number of hydrogen-bond donors (Lipinski definition) is 2. The number of aliphatic carboxylic acids is 1. The summed E-state index contributed by atoms with van der Waals surface area (Å²) in [6, 6.07) is 0.112. The number of likely N-dealkylation sites (N-methyl/N-ethyl adjacent to an activating group) is 1. The maximum absolute atomic E-state index is 10.6. The zero-order chi connectivity index (χ0) is 10.1. The van der Waals surface area contributed by atoms with Gasteiger partial charge in [-0.25, -0.2) is 0 Å². The molecule has 1 rings (SSSR count). The Labute approximate surface area is 78.9 Å². The zero-order valence-corrected chi connectivity index (χ0v) is 8.50. The third-order valence-corrected chi connectivity index (χ3v) is 2.85. The number of nitrogens with zero attached hydrogens (tertiary/aromatic N) is 1. The van der Waals surface area contributed by atoms with Gasteiger partial charge in [-0.1, -0.05) is 0 Å². The zero-order valence-electron chi connectivity index (χ0n) is 8.50. The number of piperazine rings is 1. The summed E-state index contributed by atoms with van der Waals surface area (Å²) in [7, 11) is 1.99. The van der Waals surface area contributed by atoms with Crippen molar-refractivity contribution in [3.63, 3.8) is 0 Å². The van der Waals surface area contributed by atoms with Crippen LogP contribution < -0.4 is 5.32 Å². The van der Waals surface area contributed by atoms with E-state index in [1.807, 2.05) is 7.05 Å². The van der Waals surface area contributed by atoms with E-state index < -0.39 is 5.97 Å². The summed E-state index contributed by atoms with van der Waals surface area (Å²) in [5, 5.41) is 12.0. The van der Waals surface area contributed by atoms with Crippen LogP contribution >= 0.6 is 0 Å². The van der Waals surface area contributed by atoms with E-state index in [1.165, 1.54) is 0 Å². The number of nitrogens with one attached hydrogen (secondary N) is 1. The Balaban J connectivity index is 2.60. The molecule has 0 spiro atoms. The average molecular weight is 186 g/mol. The van der Waals surface area contributed by atoms with Crippen LogP contribution in [0.15, 0.2) is 0 Å². The standard InChI is InChI=1S/C9H18N2O2/c1-9(2)6-10-5-7(11(9)3)4-8(12)13/h7,10H,4-6H2,1-3H3,(H,12,13). The van der Waals surface area contributed by atoms with Gasteiger partial charge in [-0.3, -0.25) is 9.69 Å². The first-order chi connectivity index (χ1) is 5.93. The summed E-state index contributed by atoms with van der Waals surface area (Å²) < 4.78 is 0. The quantitative estimate of drug-likeness (QED) is 0.644. The largest absolute Gasteiger partial charge is 0.481 e. The third-order valence-electron chi connectivity index (χ3n) is 2.85. The second-order valence-electron chi connectivity index (χ2n) is 4.31. The van der Waals surface area contributed by atoms with Gasteiger partial charge in [0.25, 0.3) is 0 Å². The Morgan fingerprint density at radius 2 is 2.31 bits per heavy atom. The third kappa shape index (κ3) is 2.42. The Morgan fingerprint density at radius 3 is 2.85 bits per heavy atom. The molecule has 2 N–H and O–H groups in total. The first-order valence-electron chi connectivity index (χ1n) is 4.59. The fourth-order valence-corrected chi connectivity index (χ4v) is 1.71. The highest BCUT2D eigenvalue weighted by molar-refractivity contribution is 5.67. The van der Waals surface area contributed by atoms with E-state index in [-0.39, 0.29) is 18.0 Å². The lowest BCUT2D eigenvalue weighted by Gasteiger charge is -2.45. The molecule has 76 valence electrons. The Hall–Kier alpha value is -0.610. The fraction of sp³-hybridized carbons (Fsp3) is 0.889. The molecule has 1 aliphatic rings. The number of carbonyl (C=O) groups is 1. The minimum Gasteiger partial charge on any atom is -0.481 e. The molecule has 0 aromatic carbocycles. The van der Waals surface area contributed by atoms with Crippen molar-refractivity contribution >= 4 is 5.97 Å². The molecular formula is C9H18N2O2. The molecule has 1 aliphatic heterocycles. The van der Waals surface area contributed by atoms with Gasteiger partial charge < -0.3 is 10.4 Å². The normalized spacial score (nSPS) is 28.7. The molecule has 1 heterocycles. The molecule has 1 fully saturated rings. The molecular weight excluding hydrogens is 168 g/mol. The van der Waals surface area contributed by atoms with E-state index in [1.54, 1.807) is 0 Å². The second-order valence-corrected chi connectivity index (χ2v) is 4.31. The van der Waals surface area contributed by atoms with Crippen molar-refractivity contribution in [2.75, 3.05) is 20.1 Å². The summed E-state index contributed by atoms with van der Waals surface area (Å²) in [5.74, 6) is -0.726. The predicted molar refractivity (Wildman–Crippen MR) is 50.8 cm³/mol. The Morgan fingerprint density at radius 1 is 1.69 bits per heavy atom. The van der Waals surface area contributed by atoms with E-state index in [0.717, 1.165) is 13.1 Å². The van der Waals surface area contributed by atoms with Crippen molar-refractivity contribution in [2.45, 2.75) is 31.8 Å². The maximum Gasteiger partial charge on any atom is 0.304 e. The van der Waals surface area contributed by atoms with Crippen molar-refractivity contribution in [3.8, 4) is 0 Å². The molecule has 4 nitrogen and oxygen atoms in total. The highest BCUT2D eigenvalue weighted by Crippen LogP contribution is 2.19. The minimum absolute atomic E-state index is 0.0539. The molecule has 4 heteroatoms. The Bertz CT molecular complexity index is 204. The van der Waals surface area contributed by atoms with Gasteiger partial charge >= 0.3 is 5.97 Å². The first kappa shape index (κ1) is 10.5. The van der Waals surface area contributed by atoms with Crippen molar-refractivity contribution in [3.05, 3.63) is 0 Å². The van der Waals surface area contributed by atoms with Gasteiger partial charge in [0.1, 0.15) is 0 Å². The number of carboxylic acid groups (broad SMARTS) is 1.